The number of amides is 1. The molecule has 1 aliphatic rings. The summed E-state index contributed by atoms with van der Waals surface area (Å²) in [5.74, 6) is -0.458. The largest absolute Gasteiger partial charge is 0.465 e. The monoisotopic (exact) mass is 540 g/mol. The van der Waals surface area contributed by atoms with Crippen LogP contribution in [0.1, 0.15) is 29.6 Å². The molecule has 0 fully saturated rings. The first-order valence-corrected chi connectivity index (χ1v) is 13.1. The minimum atomic E-state index is -3.91. The molecule has 0 atom stereocenters. The number of hydrogen-bond acceptors (Lipinski definition) is 6. The Morgan fingerprint density at radius 2 is 1.70 bits per heavy atom. The van der Waals surface area contributed by atoms with Gasteiger partial charge in [0.05, 0.1) is 29.7 Å². The van der Waals surface area contributed by atoms with Gasteiger partial charge in [0.15, 0.2) is 0 Å². The molecule has 4 rings (SSSR count). The number of benzene rings is 2. The van der Waals surface area contributed by atoms with Crippen molar-refractivity contribution in [3.63, 3.8) is 0 Å². The van der Waals surface area contributed by atoms with Crippen LogP contribution in [0.4, 0.5) is 0 Å². The normalized spacial score (nSPS) is 14.9. The lowest BCUT2D eigenvalue weighted by atomic mass is 10.1. The molecule has 8 nitrogen and oxygen atoms in total. The second-order valence-corrected chi connectivity index (χ2v) is 10.9. The van der Waals surface area contributed by atoms with Crippen molar-refractivity contribution in [3.05, 3.63) is 105 Å². The summed E-state index contributed by atoms with van der Waals surface area (Å²) in [5.41, 5.74) is 2.48. The Labute approximate surface area is 220 Å². The van der Waals surface area contributed by atoms with Crippen LogP contribution >= 0.6 is 11.6 Å². The van der Waals surface area contributed by atoms with Crippen molar-refractivity contribution in [2.75, 3.05) is 7.11 Å². The SMILES string of the molecule is COC(=O)C1=C(C)NC(=O)C1=Cc1ccc(CN(Cc2ccc(C)cc2)S(=O)(=O)c2ccc(Cl)cc2)o1. The number of allylic oxidation sites excluding steroid dienone is 1. The number of hydrogen-bond donors (Lipinski definition) is 1. The second kappa shape index (κ2) is 10.8. The first-order valence-electron chi connectivity index (χ1n) is 11.3. The Hall–Kier alpha value is -3.66. The highest BCUT2D eigenvalue weighted by Crippen LogP contribution is 2.27. The summed E-state index contributed by atoms with van der Waals surface area (Å²) in [5, 5.41) is 3.03. The van der Waals surface area contributed by atoms with Crippen molar-refractivity contribution < 1.29 is 27.2 Å². The maximum absolute atomic E-state index is 13.6. The Morgan fingerprint density at radius 3 is 2.35 bits per heavy atom. The smallest absolute Gasteiger partial charge is 0.340 e. The third-order valence-corrected chi connectivity index (χ3v) is 7.87. The number of carbonyl (C=O) groups is 2. The van der Waals surface area contributed by atoms with Crippen LogP contribution in [-0.4, -0.2) is 31.7 Å². The van der Waals surface area contributed by atoms with E-state index in [2.05, 4.69) is 5.32 Å². The lowest BCUT2D eigenvalue weighted by Gasteiger charge is -2.21. The number of carbonyl (C=O) groups excluding carboxylic acids is 2. The molecule has 0 bridgehead atoms. The quantitative estimate of drug-likeness (QED) is 0.331. The van der Waals surface area contributed by atoms with Crippen LogP contribution in [0, 0.1) is 6.92 Å². The van der Waals surface area contributed by atoms with Crippen molar-refractivity contribution in [2.24, 2.45) is 0 Å². The summed E-state index contributed by atoms with van der Waals surface area (Å²) in [6.07, 6.45) is 1.43. The number of nitrogens with zero attached hydrogens (tertiary/aromatic N) is 1. The lowest BCUT2D eigenvalue weighted by Crippen LogP contribution is -2.30. The van der Waals surface area contributed by atoms with Gasteiger partial charge in [-0.05, 0) is 61.9 Å². The maximum atomic E-state index is 13.6. The van der Waals surface area contributed by atoms with E-state index in [1.54, 1.807) is 19.1 Å². The predicted octanol–water partition coefficient (Wildman–Crippen LogP) is 4.59. The van der Waals surface area contributed by atoms with Gasteiger partial charge < -0.3 is 14.5 Å². The van der Waals surface area contributed by atoms with Crippen LogP contribution in [0.5, 0.6) is 0 Å². The molecule has 1 aromatic heterocycles. The third kappa shape index (κ3) is 5.85. The first-order chi connectivity index (χ1) is 17.6. The van der Waals surface area contributed by atoms with Crippen LogP contribution in [0.25, 0.3) is 6.08 Å². The minimum absolute atomic E-state index is 0.0626. The van der Waals surface area contributed by atoms with Gasteiger partial charge in [0.25, 0.3) is 5.91 Å². The van der Waals surface area contributed by atoms with E-state index in [0.29, 0.717) is 16.5 Å². The molecular formula is C27H25ClN2O6S. The molecule has 2 aromatic carbocycles. The van der Waals surface area contributed by atoms with E-state index < -0.39 is 21.9 Å². The Morgan fingerprint density at radius 1 is 1.03 bits per heavy atom. The molecule has 2 heterocycles. The molecule has 10 heteroatoms. The highest BCUT2D eigenvalue weighted by Gasteiger charge is 2.31. The van der Waals surface area contributed by atoms with Crippen molar-refractivity contribution in [2.45, 2.75) is 31.8 Å². The highest BCUT2D eigenvalue weighted by molar-refractivity contribution is 7.89. The Kier molecular flexibility index (Phi) is 7.68. The molecule has 1 amide bonds. The molecular weight excluding hydrogens is 516 g/mol. The summed E-state index contributed by atoms with van der Waals surface area (Å²) in [7, 11) is -2.68. The molecule has 0 saturated heterocycles. The Balaban J connectivity index is 1.65. The zero-order valence-electron chi connectivity index (χ0n) is 20.4. The maximum Gasteiger partial charge on any atom is 0.340 e. The van der Waals surface area contributed by atoms with E-state index in [1.165, 1.54) is 41.8 Å². The van der Waals surface area contributed by atoms with E-state index in [0.717, 1.165) is 11.1 Å². The number of aryl methyl sites for hydroxylation is 1. The van der Waals surface area contributed by atoms with Gasteiger partial charge in [-0.25, -0.2) is 13.2 Å². The van der Waals surface area contributed by atoms with E-state index in [1.807, 2.05) is 31.2 Å². The number of methoxy groups -OCH3 is 1. The van der Waals surface area contributed by atoms with Crippen molar-refractivity contribution in [1.29, 1.82) is 0 Å². The minimum Gasteiger partial charge on any atom is -0.465 e. The summed E-state index contributed by atoms with van der Waals surface area (Å²) in [6, 6.07) is 16.8. The number of esters is 1. The van der Waals surface area contributed by atoms with Crippen molar-refractivity contribution in [1.82, 2.24) is 9.62 Å². The van der Waals surface area contributed by atoms with Gasteiger partial charge in [-0.3, -0.25) is 4.79 Å². The van der Waals surface area contributed by atoms with Gasteiger partial charge in [0.2, 0.25) is 10.0 Å². The van der Waals surface area contributed by atoms with E-state index in [9.17, 15) is 18.0 Å². The van der Waals surface area contributed by atoms with Crippen LogP contribution in [0.2, 0.25) is 5.02 Å². The zero-order chi connectivity index (χ0) is 26.7. The molecule has 0 radical (unpaired) electrons. The molecule has 3 aromatic rings. The number of halogens is 1. The average molecular weight is 541 g/mol. The topological polar surface area (TPSA) is 106 Å². The lowest BCUT2D eigenvalue weighted by molar-refractivity contribution is -0.136. The molecule has 1 aliphatic heterocycles. The van der Waals surface area contributed by atoms with Gasteiger partial charge in [-0.2, -0.15) is 4.31 Å². The number of furan rings is 1. The van der Waals surface area contributed by atoms with Crippen LogP contribution in [0.3, 0.4) is 0 Å². The van der Waals surface area contributed by atoms with Crippen molar-refractivity contribution >= 4 is 39.6 Å². The standard InChI is InChI=1S/C27H25ClN2O6S/c1-17-4-6-19(7-5-17)15-30(37(33,34)23-12-8-20(28)9-13-23)16-22-11-10-21(36-22)14-24-25(27(32)35-3)18(2)29-26(24)31/h4-14H,15-16H2,1-3H3,(H,29,31). The summed E-state index contributed by atoms with van der Waals surface area (Å²) in [6.45, 7) is 3.60. The van der Waals surface area contributed by atoms with Gasteiger partial charge in [0, 0.05) is 17.3 Å². The first kappa shape index (κ1) is 26.4. The van der Waals surface area contributed by atoms with Gasteiger partial charge in [-0.1, -0.05) is 41.4 Å². The van der Waals surface area contributed by atoms with Crippen LogP contribution in [-0.2, 0) is 37.4 Å². The number of ether oxygens (including phenoxy) is 1. The van der Waals surface area contributed by atoms with Crippen molar-refractivity contribution in [3.8, 4) is 0 Å². The molecule has 0 aliphatic carbocycles. The molecule has 0 saturated carbocycles. The molecule has 0 unspecified atom stereocenters. The molecule has 192 valence electrons. The molecule has 1 N–H and O–H groups in total. The number of sulfonamides is 1. The fraction of sp³-hybridized carbons (Fsp3) is 0.185. The van der Waals surface area contributed by atoms with Crippen LogP contribution < -0.4 is 5.32 Å². The average Bonchev–Trinajstić information content (AvgIpc) is 3.42. The second-order valence-electron chi connectivity index (χ2n) is 8.52. The van der Waals surface area contributed by atoms with E-state index in [4.69, 9.17) is 20.8 Å². The fourth-order valence-electron chi connectivity index (χ4n) is 3.87. The zero-order valence-corrected chi connectivity index (χ0v) is 22.0. The highest BCUT2D eigenvalue weighted by atomic mass is 35.5. The summed E-state index contributed by atoms with van der Waals surface area (Å²) >= 11 is 5.96. The molecule has 0 spiro atoms. The summed E-state index contributed by atoms with van der Waals surface area (Å²) in [4.78, 5) is 24.6. The fourth-order valence-corrected chi connectivity index (χ4v) is 5.39. The van der Waals surface area contributed by atoms with Gasteiger partial charge in [0.1, 0.15) is 11.5 Å². The van der Waals surface area contributed by atoms with E-state index >= 15 is 0 Å². The van der Waals surface area contributed by atoms with E-state index in [-0.39, 0.29) is 34.9 Å². The predicted molar refractivity (Wildman–Crippen MR) is 139 cm³/mol. The number of rotatable bonds is 8. The van der Waals surface area contributed by atoms with Gasteiger partial charge in [-0.15, -0.1) is 0 Å². The number of nitrogens with one attached hydrogen (secondary N) is 1. The summed E-state index contributed by atoms with van der Waals surface area (Å²) < 4.78 is 39.1. The molecule has 37 heavy (non-hydrogen) atoms. The van der Waals surface area contributed by atoms with Crippen LogP contribution in [0.15, 0.2) is 86.8 Å². The van der Waals surface area contributed by atoms with Gasteiger partial charge >= 0.3 is 5.97 Å². The third-order valence-electron chi connectivity index (χ3n) is 5.81. The Bertz CT molecular complexity index is 1500.